The molecule has 1 heterocycles. The van der Waals surface area contributed by atoms with Crippen LogP contribution in [-0.2, 0) is 46.0 Å². The van der Waals surface area contributed by atoms with Gasteiger partial charge in [0.1, 0.15) is 12.2 Å². The number of carbonyl (C=O) groups excluding carboxylic acids is 2. The van der Waals surface area contributed by atoms with Gasteiger partial charge in [-0.2, -0.15) is 8.42 Å². The molecular formula is C33H49NO8SSi. The molecule has 1 amide bonds. The highest BCUT2D eigenvalue weighted by Gasteiger charge is 2.51. The molecule has 244 valence electrons. The van der Waals surface area contributed by atoms with E-state index in [1.807, 2.05) is 60.7 Å². The Hall–Kier alpha value is -2.73. The quantitative estimate of drug-likeness (QED) is 0.158. The van der Waals surface area contributed by atoms with E-state index < -0.39 is 60.3 Å². The van der Waals surface area contributed by atoms with Crippen LogP contribution in [0.5, 0.6) is 0 Å². The fourth-order valence-electron chi connectivity index (χ4n) is 4.97. The highest BCUT2D eigenvalue weighted by molar-refractivity contribution is 7.86. The van der Waals surface area contributed by atoms with E-state index >= 15 is 0 Å². The zero-order chi connectivity index (χ0) is 32.9. The van der Waals surface area contributed by atoms with Crippen LogP contribution in [0.2, 0.25) is 18.1 Å². The summed E-state index contributed by atoms with van der Waals surface area (Å²) >= 11 is 0. The van der Waals surface area contributed by atoms with Crippen LogP contribution in [0.4, 0.5) is 4.79 Å². The molecule has 4 atom stereocenters. The number of likely N-dealkylation sites (tertiary alicyclic amines) is 1. The van der Waals surface area contributed by atoms with Crippen molar-refractivity contribution in [3.05, 3.63) is 71.8 Å². The Kier molecular flexibility index (Phi) is 11.5. The summed E-state index contributed by atoms with van der Waals surface area (Å²) in [6, 6.07) is 18.3. The van der Waals surface area contributed by atoms with E-state index in [0.717, 1.165) is 17.4 Å². The minimum Gasteiger partial charge on any atom is -0.461 e. The van der Waals surface area contributed by atoms with Gasteiger partial charge >= 0.3 is 12.1 Å². The lowest BCUT2D eigenvalue weighted by Gasteiger charge is -2.44. The second kappa shape index (κ2) is 14.1. The van der Waals surface area contributed by atoms with Crippen molar-refractivity contribution in [3.63, 3.8) is 0 Å². The molecule has 2 aromatic rings. The zero-order valence-electron chi connectivity index (χ0n) is 27.5. The number of carbonyl (C=O) groups is 2. The van der Waals surface area contributed by atoms with E-state index in [-0.39, 0.29) is 24.6 Å². The van der Waals surface area contributed by atoms with E-state index in [1.54, 1.807) is 20.8 Å². The van der Waals surface area contributed by atoms with Crippen molar-refractivity contribution >= 4 is 30.5 Å². The summed E-state index contributed by atoms with van der Waals surface area (Å²) in [6.45, 7) is 15.8. The van der Waals surface area contributed by atoms with Gasteiger partial charge in [-0.05, 0) is 62.9 Å². The molecule has 0 saturated carbocycles. The molecule has 0 bridgehead atoms. The fourth-order valence-corrected chi connectivity index (χ4v) is 6.96. The summed E-state index contributed by atoms with van der Waals surface area (Å²) in [7, 11) is -6.40. The monoisotopic (exact) mass is 647 g/mol. The molecule has 44 heavy (non-hydrogen) atoms. The number of amides is 1. The van der Waals surface area contributed by atoms with Crippen LogP contribution in [0.3, 0.4) is 0 Å². The smallest absolute Gasteiger partial charge is 0.410 e. The van der Waals surface area contributed by atoms with Crippen molar-refractivity contribution in [2.45, 2.75) is 103 Å². The first kappa shape index (κ1) is 35.7. The molecule has 1 saturated heterocycles. The molecule has 1 fully saturated rings. The minimum atomic E-state index is -3.83. The summed E-state index contributed by atoms with van der Waals surface area (Å²) in [5.41, 5.74) is 0.952. The lowest BCUT2D eigenvalue weighted by atomic mass is 9.88. The molecule has 1 aliphatic rings. The highest BCUT2D eigenvalue weighted by Crippen LogP contribution is 2.41. The molecule has 0 aromatic heterocycles. The maximum atomic E-state index is 14.1. The summed E-state index contributed by atoms with van der Waals surface area (Å²) < 4.78 is 48.5. The standard InChI is InChI=1S/C33H49NO8SSi/c1-32(2,3)40-31(36)34-22-26(41-43(7,37)38)21-28(34)29(42-44(8,9)33(4,5)6)27(20-24-16-12-10-13-17-24)30(35)39-23-25-18-14-11-15-19-25/h10-19,26-29H,20-23H2,1-9H3/t26-,27-,28+,29-/m0/s1. The average Bonchev–Trinajstić information content (AvgIpc) is 3.31. The predicted molar refractivity (Wildman–Crippen MR) is 173 cm³/mol. The summed E-state index contributed by atoms with van der Waals surface area (Å²) in [4.78, 5) is 29.2. The first-order chi connectivity index (χ1) is 20.3. The van der Waals surface area contributed by atoms with E-state index in [1.165, 1.54) is 4.90 Å². The molecule has 1 aliphatic heterocycles. The topological polar surface area (TPSA) is 108 Å². The second-order valence-electron chi connectivity index (χ2n) is 14.1. The second-order valence-corrected chi connectivity index (χ2v) is 20.4. The predicted octanol–water partition coefficient (Wildman–Crippen LogP) is 6.33. The van der Waals surface area contributed by atoms with Gasteiger partial charge in [0, 0.05) is 0 Å². The van der Waals surface area contributed by atoms with Gasteiger partial charge in [-0.25, -0.2) is 4.79 Å². The molecule has 0 N–H and O–H groups in total. The Morgan fingerprint density at radius 1 is 0.932 bits per heavy atom. The molecule has 2 aromatic carbocycles. The van der Waals surface area contributed by atoms with Gasteiger partial charge in [0.05, 0.1) is 37.0 Å². The van der Waals surface area contributed by atoms with Crippen LogP contribution < -0.4 is 0 Å². The highest BCUT2D eigenvalue weighted by atomic mass is 32.2. The third kappa shape index (κ3) is 10.4. The van der Waals surface area contributed by atoms with Crippen molar-refractivity contribution in [1.82, 2.24) is 4.90 Å². The Bertz CT molecular complexity index is 1350. The Labute approximate surface area is 264 Å². The average molecular weight is 648 g/mol. The van der Waals surface area contributed by atoms with Crippen LogP contribution in [-0.4, -0.2) is 70.3 Å². The molecule has 9 nitrogen and oxygen atoms in total. The van der Waals surface area contributed by atoms with Gasteiger partial charge in [-0.1, -0.05) is 81.4 Å². The number of hydrogen-bond acceptors (Lipinski definition) is 8. The SMILES string of the molecule is CC(C)(C)OC(=O)N1C[C@@H](OS(C)(=O)=O)C[C@@H]1[C@@H](O[Si](C)(C)C(C)(C)C)[C@H](Cc1ccccc1)C(=O)OCc1ccccc1. The number of esters is 1. The molecule has 3 rings (SSSR count). The van der Waals surface area contributed by atoms with Crippen molar-refractivity contribution < 1.29 is 36.1 Å². The number of ether oxygens (including phenoxy) is 2. The first-order valence-electron chi connectivity index (χ1n) is 15.1. The largest absolute Gasteiger partial charge is 0.461 e. The fraction of sp³-hybridized carbons (Fsp3) is 0.576. The first-order valence-corrected chi connectivity index (χ1v) is 19.8. The van der Waals surface area contributed by atoms with Gasteiger partial charge in [-0.15, -0.1) is 0 Å². The number of benzene rings is 2. The number of hydrogen-bond donors (Lipinski definition) is 0. The molecule has 0 aliphatic carbocycles. The van der Waals surface area contributed by atoms with Gasteiger partial charge in [-0.3, -0.25) is 13.9 Å². The summed E-state index contributed by atoms with van der Waals surface area (Å²) in [5, 5.41) is -0.228. The molecule has 0 unspecified atom stereocenters. The molecule has 11 heteroatoms. The summed E-state index contributed by atoms with van der Waals surface area (Å²) in [6.07, 6.45) is -0.860. The van der Waals surface area contributed by atoms with E-state index in [2.05, 4.69) is 33.9 Å². The number of nitrogens with zero attached hydrogens (tertiary/aromatic N) is 1. The minimum absolute atomic E-state index is 0.0267. The van der Waals surface area contributed by atoms with Crippen LogP contribution >= 0.6 is 0 Å². The molecule has 0 radical (unpaired) electrons. The van der Waals surface area contributed by atoms with E-state index in [9.17, 15) is 18.0 Å². The summed E-state index contributed by atoms with van der Waals surface area (Å²) in [5.74, 6) is -1.28. The van der Waals surface area contributed by atoms with Crippen LogP contribution in [0, 0.1) is 5.92 Å². The van der Waals surface area contributed by atoms with Crippen molar-refractivity contribution in [2.75, 3.05) is 12.8 Å². The van der Waals surface area contributed by atoms with E-state index in [0.29, 0.717) is 6.42 Å². The van der Waals surface area contributed by atoms with Gasteiger partial charge in [0.15, 0.2) is 8.32 Å². The van der Waals surface area contributed by atoms with Crippen molar-refractivity contribution in [3.8, 4) is 0 Å². The lowest BCUT2D eigenvalue weighted by Crippen LogP contribution is -2.56. The van der Waals surface area contributed by atoms with Crippen molar-refractivity contribution in [1.29, 1.82) is 0 Å². The Morgan fingerprint density at radius 3 is 1.98 bits per heavy atom. The molecule has 0 spiro atoms. The third-order valence-corrected chi connectivity index (χ3v) is 13.2. The lowest BCUT2D eigenvalue weighted by molar-refractivity contribution is -0.155. The van der Waals surface area contributed by atoms with E-state index in [4.69, 9.17) is 18.1 Å². The van der Waals surface area contributed by atoms with Gasteiger partial charge in [0.25, 0.3) is 10.1 Å². The maximum Gasteiger partial charge on any atom is 0.410 e. The normalized spacial score (nSPS) is 19.3. The van der Waals surface area contributed by atoms with Crippen LogP contribution in [0.25, 0.3) is 0 Å². The Morgan fingerprint density at radius 2 is 1.48 bits per heavy atom. The zero-order valence-corrected chi connectivity index (χ0v) is 29.3. The van der Waals surface area contributed by atoms with Crippen molar-refractivity contribution in [2.24, 2.45) is 5.92 Å². The number of rotatable bonds is 11. The Balaban J connectivity index is 2.12. The maximum absolute atomic E-state index is 14.1. The van der Waals surface area contributed by atoms with Gasteiger partial charge < -0.3 is 13.9 Å². The van der Waals surface area contributed by atoms with Crippen LogP contribution in [0.1, 0.15) is 59.1 Å². The molecular weight excluding hydrogens is 599 g/mol. The van der Waals surface area contributed by atoms with Crippen LogP contribution in [0.15, 0.2) is 60.7 Å². The van der Waals surface area contributed by atoms with Gasteiger partial charge in [0.2, 0.25) is 0 Å². The third-order valence-electron chi connectivity index (χ3n) is 8.08.